The van der Waals surface area contributed by atoms with Crippen molar-refractivity contribution < 1.29 is 26.9 Å². The molecule has 4 atom stereocenters. The van der Waals surface area contributed by atoms with E-state index in [9.17, 15) is 11.3 Å². The number of carboxylic acid groups (broad SMARTS) is 1. The van der Waals surface area contributed by atoms with Crippen molar-refractivity contribution in [2.75, 3.05) is 19.7 Å². The lowest BCUT2D eigenvalue weighted by Gasteiger charge is -2.33. The maximum atomic E-state index is 11.6. The van der Waals surface area contributed by atoms with Gasteiger partial charge in [0.15, 0.2) is 11.5 Å². The number of benzene rings is 1. The Hall–Kier alpha value is -3.18. The van der Waals surface area contributed by atoms with Crippen LogP contribution in [-0.2, 0) is 23.6 Å². The third kappa shape index (κ3) is 4.62. The van der Waals surface area contributed by atoms with Gasteiger partial charge in [-0.05, 0) is 62.5 Å². The zero-order chi connectivity index (χ0) is 29.2. The Morgan fingerprint density at radius 2 is 2.17 bits per heavy atom. The number of pyridine rings is 1. The number of imidazole rings is 1. The maximum Gasteiger partial charge on any atom is 0.346 e. The number of para-hydroxylation sites is 1. The van der Waals surface area contributed by atoms with Gasteiger partial charge in [-0.3, -0.25) is 9.88 Å². The summed E-state index contributed by atoms with van der Waals surface area (Å²) in [4.78, 5) is 23.8. The van der Waals surface area contributed by atoms with Crippen LogP contribution in [0.3, 0.4) is 0 Å². The molecule has 6 heterocycles. The fourth-order valence-electron chi connectivity index (χ4n) is 5.45. The molecule has 3 aromatic heterocycles. The summed E-state index contributed by atoms with van der Waals surface area (Å²) >= 11 is 7.19. The molecule has 9 nitrogen and oxygen atoms in total. The molecule has 0 saturated carbocycles. The fourth-order valence-corrected chi connectivity index (χ4v) is 6.45. The van der Waals surface area contributed by atoms with Crippen LogP contribution in [0.1, 0.15) is 61.6 Å². The van der Waals surface area contributed by atoms with Gasteiger partial charge in [0.25, 0.3) is 5.79 Å². The number of carbonyl (C=O) groups is 1. The summed E-state index contributed by atoms with van der Waals surface area (Å²) in [7, 11) is 0. The van der Waals surface area contributed by atoms with Gasteiger partial charge in [-0.1, -0.05) is 23.7 Å². The summed E-state index contributed by atoms with van der Waals surface area (Å²) in [6, 6.07) is 10.7. The van der Waals surface area contributed by atoms with Gasteiger partial charge in [-0.15, -0.1) is 11.3 Å². The maximum absolute atomic E-state index is 11.6. The first-order valence-electron chi connectivity index (χ1n) is 14.3. The van der Waals surface area contributed by atoms with Gasteiger partial charge >= 0.3 is 5.97 Å². The van der Waals surface area contributed by atoms with Crippen LogP contribution in [-0.4, -0.2) is 56.3 Å². The van der Waals surface area contributed by atoms with Crippen LogP contribution < -0.4 is 9.47 Å². The number of piperidine rings is 1. The number of hydrogen-bond donors (Lipinski definition) is 1. The Kier molecular flexibility index (Phi) is 5.89. The molecule has 2 saturated heterocycles. The van der Waals surface area contributed by atoms with Crippen LogP contribution in [0.5, 0.6) is 11.5 Å². The van der Waals surface area contributed by atoms with Crippen LogP contribution in [0.25, 0.3) is 10.3 Å². The van der Waals surface area contributed by atoms with Gasteiger partial charge in [-0.2, -0.15) is 0 Å². The molecular formula is C29H29ClN4O5S. The number of hydrogen-bond acceptors (Lipinski definition) is 8. The van der Waals surface area contributed by atoms with Crippen LogP contribution in [0, 0.1) is 0 Å². The van der Waals surface area contributed by atoms with E-state index in [0.717, 1.165) is 24.4 Å². The van der Waals surface area contributed by atoms with Crippen molar-refractivity contribution >= 4 is 39.3 Å². The number of aromatic nitrogens is 3. The van der Waals surface area contributed by atoms with Gasteiger partial charge in [-0.25, -0.2) is 9.78 Å². The van der Waals surface area contributed by atoms with Gasteiger partial charge in [0.1, 0.15) is 21.2 Å². The van der Waals surface area contributed by atoms with Crippen LogP contribution in [0.4, 0.5) is 0 Å². The number of aromatic carboxylic acids is 1. The highest BCUT2D eigenvalue weighted by Gasteiger charge is 2.42. The molecule has 0 bridgehead atoms. The van der Waals surface area contributed by atoms with E-state index in [4.69, 9.17) is 32.2 Å². The Balaban J connectivity index is 1.12. The molecule has 208 valence electrons. The van der Waals surface area contributed by atoms with Crippen molar-refractivity contribution in [2.45, 2.75) is 57.0 Å². The molecular weight excluding hydrogens is 552 g/mol. The smallest absolute Gasteiger partial charge is 0.346 e. The SMILES string of the molecule is [2H]C1CN(Cc2nc3sc(C(=O)O)cc3n2C[C@@H]2CCO2)CCC1([2H])c1cccc2c1O[C@@](C)(c1ccc(Cl)cn1)O2. The molecule has 2 unspecified atom stereocenters. The fraction of sp³-hybridized carbons (Fsp3) is 0.414. The summed E-state index contributed by atoms with van der Waals surface area (Å²) in [5, 5.41) is 9.98. The largest absolute Gasteiger partial charge is 0.477 e. The second-order valence-corrected chi connectivity index (χ2v) is 11.9. The van der Waals surface area contributed by atoms with Gasteiger partial charge in [0.2, 0.25) is 0 Å². The van der Waals surface area contributed by atoms with Crippen molar-refractivity contribution in [3.05, 3.63) is 69.6 Å². The number of ether oxygens (including phenoxy) is 3. The van der Waals surface area contributed by atoms with E-state index in [1.807, 2.05) is 18.2 Å². The Labute approximate surface area is 243 Å². The highest BCUT2D eigenvalue weighted by molar-refractivity contribution is 7.20. The van der Waals surface area contributed by atoms with Crippen LogP contribution in [0.15, 0.2) is 42.6 Å². The highest BCUT2D eigenvalue weighted by Crippen LogP contribution is 2.49. The first-order valence-corrected chi connectivity index (χ1v) is 14.4. The van der Waals surface area contributed by atoms with E-state index in [1.165, 1.54) is 11.3 Å². The van der Waals surface area contributed by atoms with Crippen molar-refractivity contribution in [1.29, 1.82) is 0 Å². The second-order valence-electron chi connectivity index (χ2n) is 10.4. The molecule has 0 amide bonds. The van der Waals surface area contributed by atoms with Crippen molar-refractivity contribution in [1.82, 2.24) is 19.4 Å². The van der Waals surface area contributed by atoms with Gasteiger partial charge < -0.3 is 23.9 Å². The number of nitrogens with zero attached hydrogens (tertiary/aromatic N) is 4. The standard InChI is InChI=1S/C29H29ClN4O5S/c1-29(24-6-5-18(30)14-31-24)38-22-4-2-3-20(26(22)39-29)17-7-10-33(11-8-17)16-25-32-27-21(13-23(40-27)28(35)36)34(25)15-19-9-12-37-19/h2-6,13-14,17,19H,7-12,15-16H2,1H3,(H,35,36)/t19-,29-/m0/s1/i7D,17D/t7?,17?,19-,29-. The predicted octanol–water partition coefficient (Wildman–Crippen LogP) is 5.66. The number of carboxylic acids is 1. The van der Waals surface area contributed by atoms with E-state index < -0.39 is 24.0 Å². The molecule has 1 N–H and O–H groups in total. The summed E-state index contributed by atoms with van der Waals surface area (Å²) < 4.78 is 38.9. The Morgan fingerprint density at radius 3 is 2.90 bits per heavy atom. The lowest BCUT2D eigenvalue weighted by Crippen LogP contribution is -2.35. The highest BCUT2D eigenvalue weighted by atomic mass is 35.5. The topological polar surface area (TPSA) is 98.9 Å². The first-order chi connectivity index (χ1) is 20.1. The van der Waals surface area contributed by atoms with Gasteiger partial charge in [0, 0.05) is 28.0 Å². The molecule has 0 aliphatic carbocycles. The number of halogens is 1. The van der Waals surface area contributed by atoms with E-state index in [1.54, 1.807) is 31.3 Å². The minimum atomic E-state index is -1.21. The molecule has 0 spiro atoms. The number of thiophene rings is 1. The summed E-state index contributed by atoms with van der Waals surface area (Å²) in [5.41, 5.74) is 1.98. The van der Waals surface area contributed by atoms with E-state index >= 15 is 0 Å². The van der Waals surface area contributed by atoms with Crippen LogP contribution >= 0.6 is 22.9 Å². The van der Waals surface area contributed by atoms with Crippen molar-refractivity contribution in [3.8, 4) is 11.5 Å². The normalized spacial score (nSPS) is 28.8. The number of fused-ring (bicyclic) bond motifs is 2. The molecule has 3 aliphatic rings. The van der Waals surface area contributed by atoms with Gasteiger partial charge in [0.05, 0.1) is 29.7 Å². The Bertz CT molecular complexity index is 1680. The quantitative estimate of drug-likeness (QED) is 0.298. The lowest BCUT2D eigenvalue weighted by atomic mass is 9.88. The summed E-state index contributed by atoms with van der Waals surface area (Å²) in [6.07, 6.45) is 2.23. The average Bonchev–Trinajstić information content (AvgIpc) is 3.59. The van der Waals surface area contributed by atoms with Crippen molar-refractivity contribution in [3.63, 3.8) is 0 Å². The monoisotopic (exact) mass is 582 g/mol. The molecule has 3 aliphatic heterocycles. The zero-order valence-corrected chi connectivity index (χ0v) is 23.4. The minimum Gasteiger partial charge on any atom is -0.477 e. The number of rotatable bonds is 7. The van der Waals surface area contributed by atoms with E-state index in [2.05, 4.69) is 14.5 Å². The first kappa shape index (κ1) is 23.5. The molecule has 1 aromatic carbocycles. The lowest BCUT2D eigenvalue weighted by molar-refractivity contribution is -0.0722. The molecule has 0 radical (unpaired) electrons. The summed E-state index contributed by atoms with van der Waals surface area (Å²) in [5.74, 6) is -1.53. The third-order valence-electron chi connectivity index (χ3n) is 7.69. The molecule has 7 rings (SSSR count). The predicted molar refractivity (Wildman–Crippen MR) is 150 cm³/mol. The molecule has 2 fully saturated rings. The molecule has 11 heteroatoms. The zero-order valence-electron chi connectivity index (χ0n) is 23.8. The van der Waals surface area contributed by atoms with Crippen molar-refractivity contribution in [2.24, 2.45) is 0 Å². The Morgan fingerprint density at radius 1 is 1.30 bits per heavy atom. The van der Waals surface area contributed by atoms with E-state index in [-0.39, 0.29) is 11.0 Å². The molecule has 40 heavy (non-hydrogen) atoms. The molecule has 4 aromatic rings. The number of likely N-dealkylation sites (tertiary alicyclic amines) is 1. The summed E-state index contributed by atoms with van der Waals surface area (Å²) in [6.45, 7) is 4.57. The average molecular weight is 583 g/mol. The minimum absolute atomic E-state index is 0.0802. The second kappa shape index (κ2) is 10.0. The third-order valence-corrected chi connectivity index (χ3v) is 8.92. The van der Waals surface area contributed by atoms with E-state index in [0.29, 0.717) is 65.2 Å². The van der Waals surface area contributed by atoms with Crippen LogP contribution in [0.2, 0.25) is 5.02 Å².